The highest BCUT2D eigenvalue weighted by Gasteiger charge is 2.42. The third-order valence-corrected chi connectivity index (χ3v) is 6.63. The lowest BCUT2D eigenvalue weighted by Crippen LogP contribution is -2.43. The highest BCUT2D eigenvalue weighted by atomic mass is 32.2. The Bertz CT molecular complexity index is 453. The second kappa shape index (κ2) is 5.55. The van der Waals surface area contributed by atoms with Crippen molar-refractivity contribution in [1.82, 2.24) is 9.21 Å². The number of hydrogen-bond donors (Lipinski definition) is 1. The van der Waals surface area contributed by atoms with Crippen LogP contribution >= 0.6 is 0 Å². The van der Waals surface area contributed by atoms with Gasteiger partial charge in [0.05, 0.1) is 12.4 Å². The molecular formula is C14H26N2O3S. The third kappa shape index (κ3) is 3.03. The molecule has 3 aliphatic rings. The van der Waals surface area contributed by atoms with E-state index in [2.05, 4.69) is 4.90 Å². The highest BCUT2D eigenvalue weighted by Crippen LogP contribution is 2.38. The van der Waals surface area contributed by atoms with Crippen molar-refractivity contribution in [3.63, 3.8) is 0 Å². The zero-order chi connectivity index (χ0) is 14.3. The number of sulfonamides is 1. The van der Waals surface area contributed by atoms with E-state index in [1.165, 1.54) is 6.26 Å². The van der Waals surface area contributed by atoms with E-state index in [1.807, 2.05) is 0 Å². The molecule has 0 aromatic heterocycles. The summed E-state index contributed by atoms with van der Waals surface area (Å²) >= 11 is 0. The fourth-order valence-corrected chi connectivity index (χ4v) is 5.26. The smallest absolute Gasteiger partial charge is 0.211 e. The lowest BCUT2D eigenvalue weighted by Gasteiger charge is -2.33. The fourth-order valence-electron chi connectivity index (χ4n) is 4.32. The van der Waals surface area contributed by atoms with Crippen molar-refractivity contribution in [3.05, 3.63) is 0 Å². The van der Waals surface area contributed by atoms with E-state index in [0.717, 1.165) is 45.3 Å². The molecule has 0 radical (unpaired) electrons. The molecule has 3 rings (SSSR count). The van der Waals surface area contributed by atoms with Crippen molar-refractivity contribution in [2.24, 2.45) is 17.8 Å². The Kier molecular flexibility index (Phi) is 4.10. The molecule has 1 aliphatic carbocycles. The minimum Gasteiger partial charge on any atom is -0.393 e. The van der Waals surface area contributed by atoms with E-state index < -0.39 is 10.0 Å². The van der Waals surface area contributed by atoms with Crippen molar-refractivity contribution in [2.75, 3.05) is 39.0 Å². The van der Waals surface area contributed by atoms with Crippen LogP contribution in [0.3, 0.4) is 0 Å². The molecule has 3 fully saturated rings. The van der Waals surface area contributed by atoms with Gasteiger partial charge in [-0.25, -0.2) is 12.7 Å². The van der Waals surface area contributed by atoms with Crippen LogP contribution in [0.4, 0.5) is 0 Å². The first kappa shape index (κ1) is 14.8. The van der Waals surface area contributed by atoms with E-state index in [-0.39, 0.29) is 6.10 Å². The van der Waals surface area contributed by atoms with Crippen molar-refractivity contribution >= 4 is 10.0 Å². The zero-order valence-electron chi connectivity index (χ0n) is 12.2. The van der Waals surface area contributed by atoms with E-state index in [9.17, 15) is 13.5 Å². The SMILES string of the molecule is CS(=O)(=O)N1CCCC(CN2CC3CCC(O)C3C2)C1. The molecule has 20 heavy (non-hydrogen) atoms. The number of nitrogens with zero attached hydrogens (tertiary/aromatic N) is 2. The molecule has 2 heterocycles. The van der Waals surface area contributed by atoms with Gasteiger partial charge in [-0.05, 0) is 37.5 Å². The van der Waals surface area contributed by atoms with Gasteiger partial charge in [0.25, 0.3) is 0 Å². The van der Waals surface area contributed by atoms with Gasteiger partial charge in [0.15, 0.2) is 0 Å². The Morgan fingerprint density at radius 2 is 1.95 bits per heavy atom. The average molecular weight is 302 g/mol. The molecule has 5 nitrogen and oxygen atoms in total. The lowest BCUT2D eigenvalue weighted by molar-refractivity contribution is 0.119. The molecule has 1 saturated carbocycles. The van der Waals surface area contributed by atoms with Gasteiger partial charge in [0.2, 0.25) is 10.0 Å². The molecule has 0 aromatic rings. The summed E-state index contributed by atoms with van der Waals surface area (Å²) < 4.78 is 24.9. The molecule has 0 bridgehead atoms. The number of hydrogen-bond acceptors (Lipinski definition) is 4. The number of fused-ring (bicyclic) bond motifs is 1. The van der Waals surface area contributed by atoms with Crippen molar-refractivity contribution in [3.8, 4) is 0 Å². The van der Waals surface area contributed by atoms with Gasteiger partial charge in [-0.1, -0.05) is 0 Å². The van der Waals surface area contributed by atoms with Crippen LogP contribution in [0.25, 0.3) is 0 Å². The topological polar surface area (TPSA) is 60.9 Å². The van der Waals surface area contributed by atoms with Crippen LogP contribution in [0.15, 0.2) is 0 Å². The first-order valence-corrected chi connectivity index (χ1v) is 9.64. The second-order valence-electron chi connectivity index (χ2n) is 6.92. The molecule has 2 saturated heterocycles. The van der Waals surface area contributed by atoms with Crippen LogP contribution in [-0.2, 0) is 10.0 Å². The van der Waals surface area contributed by atoms with Crippen LogP contribution in [-0.4, -0.2) is 67.8 Å². The molecule has 0 aromatic carbocycles. The van der Waals surface area contributed by atoms with Gasteiger partial charge >= 0.3 is 0 Å². The van der Waals surface area contributed by atoms with Gasteiger partial charge in [0.1, 0.15) is 0 Å². The molecule has 4 unspecified atom stereocenters. The summed E-state index contributed by atoms with van der Waals surface area (Å²) in [6.07, 6.45) is 5.42. The van der Waals surface area contributed by atoms with Crippen molar-refractivity contribution in [1.29, 1.82) is 0 Å². The molecule has 2 aliphatic heterocycles. The van der Waals surface area contributed by atoms with E-state index >= 15 is 0 Å². The Labute approximate surface area is 122 Å². The molecule has 4 atom stereocenters. The lowest BCUT2D eigenvalue weighted by atomic mass is 9.99. The van der Waals surface area contributed by atoms with E-state index in [1.54, 1.807) is 4.31 Å². The minimum absolute atomic E-state index is 0.108. The van der Waals surface area contributed by atoms with Crippen LogP contribution in [0.5, 0.6) is 0 Å². The summed E-state index contributed by atoms with van der Waals surface area (Å²) in [5.74, 6) is 1.58. The van der Waals surface area contributed by atoms with E-state index in [0.29, 0.717) is 30.8 Å². The molecular weight excluding hydrogens is 276 g/mol. The fraction of sp³-hybridized carbons (Fsp3) is 1.00. The molecule has 1 N–H and O–H groups in total. The predicted octanol–water partition coefficient (Wildman–Crippen LogP) is 0.361. The molecule has 0 amide bonds. The largest absolute Gasteiger partial charge is 0.393 e. The van der Waals surface area contributed by atoms with Gasteiger partial charge in [-0.2, -0.15) is 0 Å². The Hall–Kier alpha value is -0.170. The monoisotopic (exact) mass is 302 g/mol. The van der Waals surface area contributed by atoms with Crippen LogP contribution < -0.4 is 0 Å². The summed E-state index contributed by atoms with van der Waals surface area (Å²) in [5.41, 5.74) is 0. The Morgan fingerprint density at radius 1 is 1.15 bits per heavy atom. The maximum absolute atomic E-state index is 11.7. The van der Waals surface area contributed by atoms with Gasteiger partial charge in [0, 0.05) is 38.6 Å². The minimum atomic E-state index is -3.04. The first-order valence-electron chi connectivity index (χ1n) is 7.79. The quantitative estimate of drug-likeness (QED) is 0.818. The summed E-state index contributed by atoms with van der Waals surface area (Å²) in [6.45, 7) is 4.44. The van der Waals surface area contributed by atoms with Crippen LogP contribution in [0.2, 0.25) is 0 Å². The van der Waals surface area contributed by atoms with Gasteiger partial charge < -0.3 is 10.0 Å². The normalized spacial score (nSPS) is 40.1. The number of likely N-dealkylation sites (tertiary alicyclic amines) is 1. The average Bonchev–Trinajstić information content (AvgIpc) is 2.91. The Morgan fingerprint density at radius 3 is 2.65 bits per heavy atom. The summed E-state index contributed by atoms with van der Waals surface area (Å²) in [4.78, 5) is 2.45. The highest BCUT2D eigenvalue weighted by molar-refractivity contribution is 7.88. The number of aliphatic hydroxyl groups excluding tert-OH is 1. The summed E-state index contributed by atoms with van der Waals surface area (Å²) in [6, 6.07) is 0. The van der Waals surface area contributed by atoms with Crippen molar-refractivity contribution < 1.29 is 13.5 Å². The van der Waals surface area contributed by atoms with Crippen molar-refractivity contribution in [2.45, 2.75) is 31.8 Å². The zero-order valence-corrected chi connectivity index (χ0v) is 13.1. The third-order valence-electron chi connectivity index (χ3n) is 5.36. The number of rotatable bonds is 3. The standard InChI is InChI=1S/C14H26N2O3S/c1-20(18,19)16-6-2-3-11(8-16)7-15-9-12-4-5-14(17)13(12)10-15/h11-14,17H,2-10H2,1H3. The number of aliphatic hydroxyl groups is 1. The van der Waals surface area contributed by atoms with Gasteiger partial charge in [-0.15, -0.1) is 0 Å². The Balaban J connectivity index is 1.54. The maximum atomic E-state index is 11.7. The van der Waals surface area contributed by atoms with E-state index in [4.69, 9.17) is 0 Å². The molecule has 6 heteroatoms. The summed E-state index contributed by atoms with van der Waals surface area (Å²) in [5, 5.41) is 9.96. The predicted molar refractivity (Wildman–Crippen MR) is 77.8 cm³/mol. The van der Waals surface area contributed by atoms with Gasteiger partial charge in [-0.3, -0.25) is 0 Å². The first-order chi connectivity index (χ1) is 9.43. The second-order valence-corrected chi connectivity index (χ2v) is 8.90. The number of piperidine rings is 1. The molecule has 116 valence electrons. The maximum Gasteiger partial charge on any atom is 0.211 e. The summed E-state index contributed by atoms with van der Waals surface area (Å²) in [7, 11) is -3.04. The van der Waals surface area contributed by atoms with Crippen LogP contribution in [0, 0.1) is 17.8 Å². The molecule has 0 spiro atoms. The van der Waals surface area contributed by atoms with Crippen LogP contribution in [0.1, 0.15) is 25.7 Å².